The molecule has 2 nitrogen and oxygen atoms in total. The molecule has 0 amide bonds. The Morgan fingerprint density at radius 1 is 1.07 bits per heavy atom. The fourth-order valence-corrected chi connectivity index (χ4v) is 4.78. The van der Waals surface area contributed by atoms with Crippen LogP contribution in [0.4, 0.5) is 17.6 Å². The molecule has 1 saturated heterocycles. The highest BCUT2D eigenvalue weighted by Gasteiger charge is 2.47. The first kappa shape index (κ1) is 21.4. The van der Waals surface area contributed by atoms with E-state index in [-0.39, 0.29) is 48.9 Å². The van der Waals surface area contributed by atoms with Gasteiger partial charge >= 0.3 is 0 Å². The minimum Gasteiger partial charge on any atom is -0.491 e. The van der Waals surface area contributed by atoms with Crippen molar-refractivity contribution in [3.05, 3.63) is 29.3 Å². The molecule has 1 aliphatic carbocycles. The van der Waals surface area contributed by atoms with Crippen molar-refractivity contribution >= 4 is 0 Å². The molecule has 3 rings (SSSR count). The molecule has 158 valence electrons. The number of halogens is 4. The van der Waals surface area contributed by atoms with Crippen LogP contribution in [0.2, 0.25) is 0 Å². The van der Waals surface area contributed by atoms with Crippen molar-refractivity contribution in [3.8, 4) is 5.75 Å². The van der Waals surface area contributed by atoms with Crippen LogP contribution in [-0.2, 0) is 4.74 Å². The maximum atomic E-state index is 14.4. The van der Waals surface area contributed by atoms with Crippen LogP contribution in [0.1, 0.15) is 70.3 Å². The summed E-state index contributed by atoms with van der Waals surface area (Å²) < 4.78 is 68.4. The molecule has 0 spiro atoms. The second-order valence-electron chi connectivity index (χ2n) is 8.15. The van der Waals surface area contributed by atoms with E-state index in [1.165, 1.54) is 6.07 Å². The molecule has 0 radical (unpaired) electrons. The van der Waals surface area contributed by atoms with Crippen LogP contribution in [0, 0.1) is 23.5 Å². The van der Waals surface area contributed by atoms with E-state index in [4.69, 9.17) is 9.47 Å². The van der Waals surface area contributed by atoms with E-state index < -0.39 is 23.5 Å². The number of hydrogen-bond acceptors (Lipinski definition) is 2. The second kappa shape index (κ2) is 9.02. The Morgan fingerprint density at radius 3 is 2.46 bits per heavy atom. The van der Waals surface area contributed by atoms with Gasteiger partial charge in [0, 0.05) is 18.3 Å². The molecule has 0 bridgehead atoms. The van der Waals surface area contributed by atoms with Crippen LogP contribution in [0.5, 0.6) is 5.75 Å². The van der Waals surface area contributed by atoms with Gasteiger partial charge in [-0.15, -0.1) is 0 Å². The molecule has 4 unspecified atom stereocenters. The number of benzene rings is 1. The summed E-state index contributed by atoms with van der Waals surface area (Å²) in [5.74, 6) is -5.55. The Kier molecular flexibility index (Phi) is 6.89. The van der Waals surface area contributed by atoms with E-state index in [0.717, 1.165) is 12.8 Å². The van der Waals surface area contributed by atoms with Gasteiger partial charge in [-0.1, -0.05) is 19.4 Å². The lowest BCUT2D eigenvalue weighted by Crippen LogP contribution is -2.42. The van der Waals surface area contributed by atoms with Gasteiger partial charge in [-0.25, -0.2) is 13.2 Å². The summed E-state index contributed by atoms with van der Waals surface area (Å²) in [6, 6.07) is 2.99. The molecule has 28 heavy (non-hydrogen) atoms. The maximum absolute atomic E-state index is 14.4. The molecule has 1 heterocycles. The summed E-state index contributed by atoms with van der Waals surface area (Å²) in [6.07, 6.45) is 3.48. The smallest absolute Gasteiger partial charge is 0.251 e. The minimum absolute atomic E-state index is 0.0931. The first-order chi connectivity index (χ1) is 13.4. The van der Waals surface area contributed by atoms with Crippen molar-refractivity contribution in [2.45, 2.75) is 76.7 Å². The van der Waals surface area contributed by atoms with E-state index >= 15 is 0 Å². The summed E-state index contributed by atoms with van der Waals surface area (Å²) in [4.78, 5) is 0. The Morgan fingerprint density at radius 2 is 1.86 bits per heavy atom. The van der Waals surface area contributed by atoms with Crippen molar-refractivity contribution in [1.29, 1.82) is 0 Å². The summed E-state index contributed by atoms with van der Waals surface area (Å²) >= 11 is 0. The third-order valence-corrected chi connectivity index (χ3v) is 6.31. The van der Waals surface area contributed by atoms with E-state index in [0.29, 0.717) is 25.7 Å². The lowest BCUT2D eigenvalue weighted by Gasteiger charge is -2.41. The summed E-state index contributed by atoms with van der Waals surface area (Å²) in [7, 11) is 0. The average molecular weight is 402 g/mol. The Hall–Kier alpha value is -1.30. The van der Waals surface area contributed by atoms with Gasteiger partial charge < -0.3 is 9.47 Å². The second-order valence-corrected chi connectivity index (χ2v) is 8.15. The highest BCUT2D eigenvalue weighted by molar-refractivity contribution is 5.33. The summed E-state index contributed by atoms with van der Waals surface area (Å²) in [5, 5.41) is 0. The topological polar surface area (TPSA) is 18.5 Å². The molecule has 0 N–H and O–H groups in total. The molecule has 6 heteroatoms. The van der Waals surface area contributed by atoms with Gasteiger partial charge in [-0.3, -0.25) is 0 Å². The molecule has 1 aromatic carbocycles. The van der Waals surface area contributed by atoms with Crippen LogP contribution in [0.15, 0.2) is 12.1 Å². The van der Waals surface area contributed by atoms with E-state index in [9.17, 15) is 17.6 Å². The fraction of sp³-hybridized carbons (Fsp3) is 0.727. The molecule has 4 atom stereocenters. The van der Waals surface area contributed by atoms with Crippen molar-refractivity contribution < 1.29 is 27.0 Å². The zero-order valence-electron chi connectivity index (χ0n) is 16.7. The standard InChI is InChI=1S/C22H30F4O2/c1-3-5-16-8-6-14(12-22(16,25)26)18-10-7-15(13-28-18)17-9-11-19(27-4-2)21(24)20(17)23/h9,11,14-16,18H,3-8,10,12-13H2,1-2H3. The molecule has 1 aliphatic heterocycles. The van der Waals surface area contributed by atoms with Crippen molar-refractivity contribution in [1.82, 2.24) is 0 Å². The van der Waals surface area contributed by atoms with Gasteiger partial charge in [0.2, 0.25) is 5.82 Å². The quantitative estimate of drug-likeness (QED) is 0.507. The van der Waals surface area contributed by atoms with Gasteiger partial charge in [0.15, 0.2) is 11.6 Å². The van der Waals surface area contributed by atoms with Gasteiger partial charge in [0.1, 0.15) is 0 Å². The average Bonchev–Trinajstić information content (AvgIpc) is 2.67. The number of alkyl halides is 2. The highest BCUT2D eigenvalue weighted by Crippen LogP contribution is 2.47. The van der Waals surface area contributed by atoms with Crippen molar-refractivity contribution in [2.75, 3.05) is 13.2 Å². The predicted molar refractivity (Wildman–Crippen MR) is 99.9 cm³/mol. The first-order valence-corrected chi connectivity index (χ1v) is 10.5. The van der Waals surface area contributed by atoms with Crippen molar-refractivity contribution in [3.63, 3.8) is 0 Å². The van der Waals surface area contributed by atoms with E-state index in [1.807, 2.05) is 6.92 Å². The van der Waals surface area contributed by atoms with Gasteiger partial charge in [-0.2, -0.15) is 4.39 Å². The van der Waals surface area contributed by atoms with E-state index in [1.54, 1.807) is 13.0 Å². The molecule has 1 aromatic rings. The van der Waals surface area contributed by atoms with Gasteiger partial charge in [0.25, 0.3) is 5.92 Å². The Bertz CT molecular complexity index is 656. The Balaban J connectivity index is 1.60. The van der Waals surface area contributed by atoms with Crippen LogP contribution < -0.4 is 4.74 Å². The first-order valence-electron chi connectivity index (χ1n) is 10.5. The zero-order valence-corrected chi connectivity index (χ0v) is 16.7. The van der Waals surface area contributed by atoms with E-state index in [2.05, 4.69) is 0 Å². The third kappa shape index (κ3) is 4.47. The normalized spacial score (nSPS) is 30.2. The fourth-order valence-electron chi connectivity index (χ4n) is 4.78. The lowest BCUT2D eigenvalue weighted by molar-refractivity contribution is -0.136. The Labute approximate surface area is 164 Å². The molecular formula is C22H30F4O2. The van der Waals surface area contributed by atoms with Crippen LogP contribution >= 0.6 is 0 Å². The van der Waals surface area contributed by atoms with Crippen molar-refractivity contribution in [2.24, 2.45) is 11.8 Å². The highest BCUT2D eigenvalue weighted by atomic mass is 19.3. The number of hydrogen-bond donors (Lipinski definition) is 0. The molecule has 0 aromatic heterocycles. The molecule has 1 saturated carbocycles. The number of rotatable bonds is 6. The lowest BCUT2D eigenvalue weighted by atomic mass is 9.73. The maximum Gasteiger partial charge on any atom is 0.251 e. The summed E-state index contributed by atoms with van der Waals surface area (Å²) in [5.41, 5.74) is 0.274. The molecule has 2 fully saturated rings. The molecular weight excluding hydrogens is 372 g/mol. The van der Waals surface area contributed by atoms with Crippen LogP contribution in [0.25, 0.3) is 0 Å². The monoisotopic (exact) mass is 402 g/mol. The third-order valence-electron chi connectivity index (χ3n) is 6.31. The van der Waals surface area contributed by atoms with Gasteiger partial charge in [-0.05, 0) is 56.6 Å². The summed E-state index contributed by atoms with van der Waals surface area (Å²) in [6.45, 7) is 4.14. The largest absolute Gasteiger partial charge is 0.491 e. The van der Waals surface area contributed by atoms with Crippen LogP contribution in [-0.4, -0.2) is 25.2 Å². The predicted octanol–water partition coefficient (Wildman–Crippen LogP) is 6.48. The number of ether oxygens (including phenoxy) is 2. The SMILES string of the molecule is CCCC1CCC(C2CCC(c3ccc(OCC)c(F)c3F)CO2)CC1(F)F. The zero-order chi connectivity index (χ0) is 20.3. The minimum atomic E-state index is -2.64. The van der Waals surface area contributed by atoms with Crippen LogP contribution in [0.3, 0.4) is 0 Å². The van der Waals surface area contributed by atoms with Gasteiger partial charge in [0.05, 0.1) is 19.3 Å². The molecule has 2 aliphatic rings.